The molecule has 1 saturated heterocycles. The number of benzene rings is 1. The summed E-state index contributed by atoms with van der Waals surface area (Å²) in [6, 6.07) is 7.33. The fourth-order valence-electron chi connectivity index (χ4n) is 2.43. The zero-order chi connectivity index (χ0) is 15.8. The molecule has 0 spiro atoms. The molecule has 0 aromatic heterocycles. The van der Waals surface area contributed by atoms with Crippen molar-refractivity contribution in [1.29, 1.82) is 0 Å². The van der Waals surface area contributed by atoms with E-state index in [9.17, 15) is 9.59 Å². The maximum atomic E-state index is 11.7. The first-order valence-corrected chi connectivity index (χ1v) is 8.54. The summed E-state index contributed by atoms with van der Waals surface area (Å²) in [5.41, 5.74) is 0.512. The van der Waals surface area contributed by atoms with Crippen molar-refractivity contribution in [2.75, 3.05) is 25.4 Å². The topological polar surface area (TPSA) is 57.6 Å². The molecule has 1 aromatic rings. The molecule has 2 rings (SSSR count). The van der Waals surface area contributed by atoms with E-state index < -0.39 is 5.97 Å². The second-order valence-corrected chi connectivity index (χ2v) is 6.48. The van der Waals surface area contributed by atoms with Crippen molar-refractivity contribution in [3.63, 3.8) is 0 Å². The Labute approximate surface area is 135 Å². The van der Waals surface area contributed by atoms with Crippen LogP contribution in [-0.2, 0) is 4.79 Å². The first kappa shape index (κ1) is 16.8. The van der Waals surface area contributed by atoms with Gasteiger partial charge in [-0.1, -0.05) is 6.42 Å². The lowest BCUT2D eigenvalue weighted by molar-refractivity contribution is -0.131. The SMILES string of the molecule is O=C(O)/C=C/C(=O)c1ccc(SCCN2CCCCC2)cc1. The van der Waals surface area contributed by atoms with Gasteiger partial charge in [0.2, 0.25) is 0 Å². The average molecular weight is 319 g/mol. The van der Waals surface area contributed by atoms with Crippen molar-refractivity contribution >= 4 is 23.5 Å². The first-order chi connectivity index (χ1) is 10.6. The zero-order valence-electron chi connectivity index (χ0n) is 12.5. The first-order valence-electron chi connectivity index (χ1n) is 7.56. The zero-order valence-corrected chi connectivity index (χ0v) is 13.3. The summed E-state index contributed by atoms with van der Waals surface area (Å²) in [6.07, 6.45) is 5.93. The van der Waals surface area contributed by atoms with Crippen LogP contribution in [0.15, 0.2) is 41.3 Å². The predicted octanol–water partition coefficient (Wildman–Crippen LogP) is 3.09. The van der Waals surface area contributed by atoms with Gasteiger partial charge < -0.3 is 10.0 Å². The van der Waals surface area contributed by atoms with Gasteiger partial charge in [0, 0.05) is 28.8 Å². The van der Waals surface area contributed by atoms with Gasteiger partial charge in [-0.15, -0.1) is 11.8 Å². The molecule has 1 aliphatic heterocycles. The molecule has 1 N–H and O–H groups in total. The normalized spacial score (nSPS) is 16.0. The Morgan fingerprint density at radius 3 is 2.41 bits per heavy atom. The largest absolute Gasteiger partial charge is 0.478 e. The number of allylic oxidation sites excluding steroid dienone is 1. The Hall–Kier alpha value is -1.59. The molecule has 1 fully saturated rings. The summed E-state index contributed by atoms with van der Waals surface area (Å²) in [6.45, 7) is 3.53. The Kier molecular flexibility index (Phi) is 6.68. The van der Waals surface area contributed by atoms with Crippen LogP contribution in [0.2, 0.25) is 0 Å². The van der Waals surface area contributed by atoms with Crippen LogP contribution in [0.1, 0.15) is 29.6 Å². The number of hydrogen-bond acceptors (Lipinski definition) is 4. The number of piperidine rings is 1. The summed E-state index contributed by atoms with van der Waals surface area (Å²) in [5, 5.41) is 8.51. The molecule has 0 bridgehead atoms. The molecule has 0 radical (unpaired) electrons. The molecule has 1 heterocycles. The fraction of sp³-hybridized carbons (Fsp3) is 0.412. The number of carbonyl (C=O) groups is 2. The number of nitrogens with zero attached hydrogens (tertiary/aromatic N) is 1. The van der Waals surface area contributed by atoms with Crippen molar-refractivity contribution in [2.24, 2.45) is 0 Å². The molecule has 22 heavy (non-hydrogen) atoms. The lowest BCUT2D eigenvalue weighted by atomic mass is 10.1. The Morgan fingerprint density at radius 1 is 1.09 bits per heavy atom. The van der Waals surface area contributed by atoms with E-state index in [1.165, 1.54) is 32.4 Å². The number of ketones is 1. The second-order valence-electron chi connectivity index (χ2n) is 5.31. The third kappa shape index (κ3) is 5.66. The van der Waals surface area contributed by atoms with Crippen LogP contribution >= 0.6 is 11.8 Å². The molecule has 118 valence electrons. The molecule has 1 aromatic carbocycles. The van der Waals surface area contributed by atoms with Crippen LogP contribution in [0.25, 0.3) is 0 Å². The van der Waals surface area contributed by atoms with Crippen molar-refractivity contribution in [2.45, 2.75) is 24.2 Å². The molecule has 4 nitrogen and oxygen atoms in total. The molecule has 0 unspecified atom stereocenters. The number of thioether (sulfide) groups is 1. The molecule has 0 amide bonds. The number of likely N-dealkylation sites (tertiary alicyclic amines) is 1. The number of carboxylic acids is 1. The van der Waals surface area contributed by atoms with Crippen LogP contribution < -0.4 is 0 Å². The van der Waals surface area contributed by atoms with E-state index in [0.29, 0.717) is 5.56 Å². The molecule has 0 saturated carbocycles. The number of hydrogen-bond donors (Lipinski definition) is 1. The van der Waals surface area contributed by atoms with Crippen LogP contribution in [0.4, 0.5) is 0 Å². The average Bonchev–Trinajstić information content (AvgIpc) is 2.54. The van der Waals surface area contributed by atoms with Crippen molar-refractivity contribution in [1.82, 2.24) is 4.90 Å². The highest BCUT2D eigenvalue weighted by molar-refractivity contribution is 7.99. The van der Waals surface area contributed by atoms with Crippen LogP contribution in [0, 0.1) is 0 Å². The molecule has 5 heteroatoms. The number of carbonyl (C=O) groups excluding carboxylic acids is 1. The number of carboxylic acid groups (broad SMARTS) is 1. The Balaban J connectivity index is 1.78. The highest BCUT2D eigenvalue weighted by Gasteiger charge is 2.09. The Bertz CT molecular complexity index is 533. The minimum Gasteiger partial charge on any atom is -0.478 e. The quantitative estimate of drug-likeness (QED) is 0.475. The number of rotatable bonds is 7. The summed E-state index contributed by atoms with van der Waals surface area (Å²) < 4.78 is 0. The summed E-state index contributed by atoms with van der Waals surface area (Å²) in [5.74, 6) is -0.350. The molecule has 0 atom stereocenters. The molecular formula is C17H21NO3S. The van der Waals surface area contributed by atoms with E-state index in [2.05, 4.69) is 4.90 Å². The van der Waals surface area contributed by atoms with Gasteiger partial charge in [-0.05, 0) is 56.3 Å². The fourth-order valence-corrected chi connectivity index (χ4v) is 3.35. The Morgan fingerprint density at radius 2 is 1.77 bits per heavy atom. The minimum absolute atomic E-state index is 0.285. The van der Waals surface area contributed by atoms with Crippen LogP contribution in [-0.4, -0.2) is 47.1 Å². The van der Waals surface area contributed by atoms with Crippen molar-refractivity contribution in [3.8, 4) is 0 Å². The van der Waals surface area contributed by atoms with Crippen molar-refractivity contribution < 1.29 is 14.7 Å². The van der Waals surface area contributed by atoms with Gasteiger partial charge >= 0.3 is 5.97 Å². The van der Waals surface area contributed by atoms with E-state index in [-0.39, 0.29) is 5.78 Å². The van der Waals surface area contributed by atoms with E-state index >= 15 is 0 Å². The van der Waals surface area contributed by atoms with Crippen LogP contribution in [0.3, 0.4) is 0 Å². The maximum Gasteiger partial charge on any atom is 0.328 e. The second kappa shape index (κ2) is 8.76. The maximum absolute atomic E-state index is 11.7. The minimum atomic E-state index is -1.11. The highest BCUT2D eigenvalue weighted by atomic mass is 32.2. The third-order valence-corrected chi connectivity index (χ3v) is 4.63. The summed E-state index contributed by atoms with van der Waals surface area (Å²) in [4.78, 5) is 25.7. The van der Waals surface area contributed by atoms with Gasteiger partial charge in [-0.25, -0.2) is 4.79 Å². The van der Waals surface area contributed by atoms with E-state index in [1.54, 1.807) is 23.9 Å². The van der Waals surface area contributed by atoms with Gasteiger partial charge in [0.05, 0.1) is 0 Å². The molecule has 0 aliphatic carbocycles. The van der Waals surface area contributed by atoms with E-state index in [1.807, 2.05) is 12.1 Å². The third-order valence-electron chi connectivity index (χ3n) is 3.64. The summed E-state index contributed by atoms with van der Waals surface area (Å²) >= 11 is 1.79. The monoisotopic (exact) mass is 319 g/mol. The van der Waals surface area contributed by atoms with Gasteiger partial charge in [-0.2, -0.15) is 0 Å². The smallest absolute Gasteiger partial charge is 0.328 e. The van der Waals surface area contributed by atoms with E-state index in [0.717, 1.165) is 29.3 Å². The predicted molar refractivity (Wildman–Crippen MR) is 88.6 cm³/mol. The van der Waals surface area contributed by atoms with Gasteiger partial charge in [0.15, 0.2) is 5.78 Å². The lowest BCUT2D eigenvalue weighted by Gasteiger charge is -2.26. The standard InChI is InChI=1S/C17H21NO3S/c19-16(8-9-17(20)21)14-4-6-15(7-5-14)22-13-12-18-10-2-1-3-11-18/h4-9H,1-3,10-13H2,(H,20,21)/b9-8+. The number of aliphatic carboxylic acids is 1. The van der Waals surface area contributed by atoms with Gasteiger partial charge in [0.25, 0.3) is 0 Å². The molecule has 1 aliphatic rings. The van der Waals surface area contributed by atoms with E-state index in [4.69, 9.17) is 5.11 Å². The van der Waals surface area contributed by atoms with Gasteiger partial charge in [-0.3, -0.25) is 4.79 Å². The summed E-state index contributed by atoms with van der Waals surface area (Å²) in [7, 11) is 0. The van der Waals surface area contributed by atoms with Gasteiger partial charge in [0.1, 0.15) is 0 Å². The van der Waals surface area contributed by atoms with Crippen molar-refractivity contribution in [3.05, 3.63) is 42.0 Å². The molecular weight excluding hydrogens is 298 g/mol. The highest BCUT2D eigenvalue weighted by Crippen LogP contribution is 2.19. The lowest BCUT2D eigenvalue weighted by Crippen LogP contribution is -2.31. The van der Waals surface area contributed by atoms with Crippen LogP contribution in [0.5, 0.6) is 0 Å².